The highest BCUT2D eigenvalue weighted by atomic mass is 31.2. The van der Waals surface area contributed by atoms with Gasteiger partial charge in [0.25, 0.3) is 0 Å². The number of phosphoric ester groups is 2. The van der Waals surface area contributed by atoms with E-state index in [1.165, 1.54) is 231 Å². The summed E-state index contributed by atoms with van der Waals surface area (Å²) in [4.78, 5) is 73.0. The summed E-state index contributed by atoms with van der Waals surface area (Å²) in [6, 6.07) is 0. The van der Waals surface area contributed by atoms with Crippen molar-refractivity contribution < 1.29 is 80.2 Å². The normalized spacial score (nSPS) is 14.2. The third-order valence-electron chi connectivity index (χ3n) is 19.2. The van der Waals surface area contributed by atoms with Crippen molar-refractivity contribution in [2.75, 3.05) is 39.6 Å². The van der Waals surface area contributed by atoms with Crippen molar-refractivity contribution >= 4 is 39.5 Å². The minimum absolute atomic E-state index is 0.105. The van der Waals surface area contributed by atoms with Gasteiger partial charge >= 0.3 is 39.5 Å². The van der Waals surface area contributed by atoms with E-state index in [9.17, 15) is 43.2 Å². The predicted molar refractivity (Wildman–Crippen MR) is 409 cm³/mol. The Balaban J connectivity index is 5.25. The van der Waals surface area contributed by atoms with Gasteiger partial charge in [-0.3, -0.25) is 37.3 Å². The minimum atomic E-state index is -4.96. The van der Waals surface area contributed by atoms with Crippen molar-refractivity contribution in [3.8, 4) is 0 Å². The average molecular weight is 1470 g/mol. The fourth-order valence-corrected chi connectivity index (χ4v) is 14.0. The number of esters is 4. The zero-order chi connectivity index (χ0) is 73.7. The lowest BCUT2D eigenvalue weighted by molar-refractivity contribution is -0.161. The number of unbranched alkanes of at least 4 members (excludes halogenated alkanes) is 46. The van der Waals surface area contributed by atoms with Crippen molar-refractivity contribution in [2.24, 2.45) is 17.8 Å². The van der Waals surface area contributed by atoms with Gasteiger partial charge in [-0.05, 0) is 43.4 Å². The molecule has 0 saturated carbocycles. The van der Waals surface area contributed by atoms with Crippen molar-refractivity contribution in [1.29, 1.82) is 0 Å². The fourth-order valence-electron chi connectivity index (χ4n) is 12.5. The molecule has 0 spiro atoms. The lowest BCUT2D eigenvalue weighted by Gasteiger charge is -2.21. The highest BCUT2D eigenvalue weighted by Crippen LogP contribution is 2.45. The van der Waals surface area contributed by atoms with Crippen LogP contribution in [0.5, 0.6) is 0 Å². The van der Waals surface area contributed by atoms with E-state index in [4.69, 9.17) is 37.0 Å². The summed E-state index contributed by atoms with van der Waals surface area (Å²) in [6.45, 7) is 12.0. The SMILES string of the molecule is CCCCCCCCCCCCCCC(=O)OC[C@H](COP(=O)(O)OC[C@H](O)COP(=O)(O)OC[C@@H](COC(=O)CCCCCCCCCCCCCCCCCC(C)C)OC(=O)CCCCCCCCCCCCCCCCCC(C)C)OC(=O)CCCCCCCCCCC(C)CC. The van der Waals surface area contributed by atoms with E-state index in [1.807, 2.05) is 0 Å². The molecular formula is C81H158O17P2. The molecule has 0 aromatic carbocycles. The smallest absolute Gasteiger partial charge is 0.462 e. The summed E-state index contributed by atoms with van der Waals surface area (Å²) in [7, 11) is -9.92. The Morgan fingerprint density at radius 2 is 0.510 bits per heavy atom. The number of rotatable bonds is 79. The largest absolute Gasteiger partial charge is 0.472 e. The first-order chi connectivity index (χ1) is 48.3. The third-order valence-corrected chi connectivity index (χ3v) is 21.1. The standard InChI is InChI=1S/C81H158O17P2/c1-8-10-11-12-13-14-15-28-33-41-48-55-62-78(83)92-69-77(98-81(86)65-58-51-44-37-36-40-47-54-61-74(7)9-2)71-96-100(89,90)94-67-75(82)66-93-99(87,88)95-70-76(97-80(85)64-57-50-43-35-30-25-21-17-19-23-27-32-39-46-53-60-73(5)6)68-91-79(84)63-56-49-42-34-29-24-20-16-18-22-26-31-38-45-52-59-72(3)4/h72-77,82H,8-71H2,1-7H3,(H,87,88)(H,89,90)/t74?,75-,76-,77-/m1/s1. The molecule has 0 aromatic rings. The van der Waals surface area contributed by atoms with Gasteiger partial charge in [-0.2, -0.15) is 0 Å². The number of carbonyl (C=O) groups excluding carboxylic acids is 4. The second kappa shape index (κ2) is 71.3. The van der Waals surface area contributed by atoms with Crippen LogP contribution < -0.4 is 0 Å². The van der Waals surface area contributed by atoms with Crippen LogP contribution in [0.3, 0.4) is 0 Å². The van der Waals surface area contributed by atoms with Crippen molar-refractivity contribution in [2.45, 2.75) is 439 Å². The molecule has 0 radical (unpaired) electrons. The molecule has 594 valence electrons. The molecule has 0 bridgehead atoms. The van der Waals surface area contributed by atoms with E-state index in [2.05, 4.69) is 48.5 Å². The Bertz CT molecular complexity index is 1940. The summed E-state index contributed by atoms with van der Waals surface area (Å²) in [5.74, 6) is 0.268. The maximum atomic E-state index is 13.1. The molecule has 0 saturated heterocycles. The van der Waals surface area contributed by atoms with Crippen molar-refractivity contribution in [3.63, 3.8) is 0 Å². The van der Waals surface area contributed by atoms with E-state index in [1.54, 1.807) is 0 Å². The first-order valence-corrected chi connectivity index (χ1v) is 44.9. The summed E-state index contributed by atoms with van der Waals surface area (Å²) >= 11 is 0. The molecule has 0 amide bonds. The number of aliphatic hydroxyl groups excluding tert-OH is 1. The molecule has 0 fully saturated rings. The van der Waals surface area contributed by atoms with E-state index >= 15 is 0 Å². The Hall–Kier alpha value is -1.94. The van der Waals surface area contributed by atoms with Crippen LogP contribution in [0.4, 0.5) is 0 Å². The van der Waals surface area contributed by atoms with Crippen LogP contribution >= 0.6 is 15.6 Å². The highest BCUT2D eigenvalue weighted by Gasteiger charge is 2.30. The summed E-state index contributed by atoms with van der Waals surface area (Å²) in [6.07, 6.45) is 59.5. The maximum Gasteiger partial charge on any atom is 0.472 e. The molecule has 3 N–H and O–H groups in total. The van der Waals surface area contributed by atoms with E-state index in [0.717, 1.165) is 108 Å². The number of phosphoric acid groups is 2. The third kappa shape index (κ3) is 73.0. The molecule has 19 heteroatoms. The number of carbonyl (C=O) groups is 4. The molecule has 0 heterocycles. The van der Waals surface area contributed by atoms with Crippen LogP contribution in [0.2, 0.25) is 0 Å². The van der Waals surface area contributed by atoms with Gasteiger partial charge < -0.3 is 33.8 Å². The quantitative estimate of drug-likeness (QED) is 0.0222. The summed E-state index contributed by atoms with van der Waals surface area (Å²) in [5, 5.41) is 10.6. The molecule has 0 aliphatic heterocycles. The van der Waals surface area contributed by atoms with Gasteiger partial charge in [-0.1, -0.05) is 370 Å². The van der Waals surface area contributed by atoms with Crippen molar-refractivity contribution in [3.05, 3.63) is 0 Å². The molecule has 3 unspecified atom stereocenters. The molecular weight excluding hydrogens is 1310 g/mol. The van der Waals surface area contributed by atoms with Gasteiger partial charge in [0.05, 0.1) is 26.4 Å². The second-order valence-corrected chi connectivity index (χ2v) is 33.3. The molecule has 0 aliphatic rings. The monoisotopic (exact) mass is 1470 g/mol. The zero-order valence-electron chi connectivity index (χ0n) is 65.7. The van der Waals surface area contributed by atoms with Crippen LogP contribution in [0.1, 0.15) is 421 Å². The van der Waals surface area contributed by atoms with Gasteiger partial charge in [0, 0.05) is 25.7 Å². The molecule has 17 nitrogen and oxygen atoms in total. The van der Waals surface area contributed by atoms with E-state index in [0.29, 0.717) is 25.7 Å². The van der Waals surface area contributed by atoms with E-state index in [-0.39, 0.29) is 25.7 Å². The van der Waals surface area contributed by atoms with Crippen molar-refractivity contribution in [1.82, 2.24) is 0 Å². The molecule has 0 rings (SSSR count). The number of hydrogen-bond donors (Lipinski definition) is 3. The van der Waals surface area contributed by atoms with Crippen LogP contribution in [0.15, 0.2) is 0 Å². The number of aliphatic hydroxyl groups is 1. The first-order valence-electron chi connectivity index (χ1n) is 41.9. The molecule has 0 aromatic heterocycles. The van der Waals surface area contributed by atoms with Crippen LogP contribution in [-0.2, 0) is 65.4 Å². The summed E-state index contributed by atoms with van der Waals surface area (Å²) < 4.78 is 68.7. The van der Waals surface area contributed by atoms with Gasteiger partial charge in [0.15, 0.2) is 12.2 Å². The lowest BCUT2D eigenvalue weighted by atomic mass is 9.99. The highest BCUT2D eigenvalue weighted by molar-refractivity contribution is 7.47. The summed E-state index contributed by atoms with van der Waals surface area (Å²) in [5.41, 5.74) is 0. The van der Waals surface area contributed by atoms with Crippen LogP contribution in [0.25, 0.3) is 0 Å². The average Bonchev–Trinajstić information content (AvgIpc) is 0.917. The fraction of sp³-hybridized carbons (Fsp3) is 0.951. The molecule has 0 aliphatic carbocycles. The van der Waals surface area contributed by atoms with Crippen LogP contribution in [-0.4, -0.2) is 96.7 Å². The first kappa shape index (κ1) is 98.1. The van der Waals surface area contributed by atoms with Crippen LogP contribution in [0, 0.1) is 17.8 Å². The Kier molecular flexibility index (Phi) is 69.9. The van der Waals surface area contributed by atoms with Gasteiger partial charge in [-0.25, -0.2) is 9.13 Å². The Morgan fingerprint density at radius 1 is 0.290 bits per heavy atom. The lowest BCUT2D eigenvalue weighted by Crippen LogP contribution is -2.30. The number of hydrogen-bond acceptors (Lipinski definition) is 15. The molecule has 6 atom stereocenters. The van der Waals surface area contributed by atoms with E-state index < -0.39 is 97.5 Å². The number of ether oxygens (including phenoxy) is 4. The van der Waals surface area contributed by atoms with Gasteiger partial charge in [0.1, 0.15) is 19.3 Å². The minimum Gasteiger partial charge on any atom is -0.462 e. The molecule has 100 heavy (non-hydrogen) atoms. The van der Waals surface area contributed by atoms with Gasteiger partial charge in [-0.15, -0.1) is 0 Å². The Morgan fingerprint density at radius 3 is 0.760 bits per heavy atom. The predicted octanol–water partition coefficient (Wildman–Crippen LogP) is 24.1. The Labute approximate surface area is 613 Å². The second-order valence-electron chi connectivity index (χ2n) is 30.4. The topological polar surface area (TPSA) is 237 Å². The van der Waals surface area contributed by atoms with Gasteiger partial charge in [0.2, 0.25) is 0 Å². The zero-order valence-corrected chi connectivity index (χ0v) is 67.5. The maximum absolute atomic E-state index is 13.1.